The molecule has 0 aliphatic heterocycles. The van der Waals surface area contributed by atoms with Crippen molar-refractivity contribution in [3.8, 4) is 5.75 Å². The fraction of sp³-hybridized carbons (Fsp3) is 0.353. The quantitative estimate of drug-likeness (QED) is 0.744. The minimum absolute atomic E-state index is 0.0550. The van der Waals surface area contributed by atoms with Gasteiger partial charge in [-0.3, -0.25) is 4.79 Å². The summed E-state index contributed by atoms with van der Waals surface area (Å²) in [5.74, 6) is 1.99. The monoisotopic (exact) mass is 350 g/mol. The second-order valence-electron chi connectivity index (χ2n) is 5.25. The molecule has 0 aliphatic carbocycles. The van der Waals surface area contributed by atoms with Crippen molar-refractivity contribution in [2.24, 2.45) is 0 Å². The Bertz CT molecular complexity index is 726. The van der Waals surface area contributed by atoms with Gasteiger partial charge in [-0.1, -0.05) is 15.9 Å². The lowest BCUT2D eigenvalue weighted by atomic mass is 9.94. The molecule has 0 spiro atoms. The lowest BCUT2D eigenvalue weighted by Gasteiger charge is -2.15. The van der Waals surface area contributed by atoms with E-state index in [1.165, 1.54) is 0 Å². The molecular formula is C17H19BrO3. The predicted molar refractivity (Wildman–Crippen MR) is 86.5 cm³/mol. The second kappa shape index (κ2) is 5.68. The molecule has 21 heavy (non-hydrogen) atoms. The molecule has 0 saturated carbocycles. The normalized spacial score (nSPS) is 10.8. The van der Waals surface area contributed by atoms with Gasteiger partial charge in [0, 0.05) is 10.0 Å². The molecule has 0 atom stereocenters. The summed E-state index contributed by atoms with van der Waals surface area (Å²) >= 11 is 3.51. The van der Waals surface area contributed by atoms with Crippen LogP contribution in [0.1, 0.15) is 44.1 Å². The summed E-state index contributed by atoms with van der Waals surface area (Å²) < 4.78 is 12.0. The number of benzene rings is 1. The minimum Gasteiger partial charge on any atom is -0.496 e. The maximum absolute atomic E-state index is 13.0. The van der Waals surface area contributed by atoms with E-state index in [4.69, 9.17) is 9.15 Å². The average Bonchev–Trinajstić information content (AvgIpc) is 2.66. The molecule has 4 heteroatoms. The van der Waals surface area contributed by atoms with E-state index < -0.39 is 0 Å². The summed E-state index contributed by atoms with van der Waals surface area (Å²) in [5, 5.41) is 0. The number of carbonyl (C=O) groups excluding carboxylic acids is 1. The number of hydrogen-bond acceptors (Lipinski definition) is 3. The third kappa shape index (κ3) is 2.53. The van der Waals surface area contributed by atoms with Gasteiger partial charge in [0.05, 0.1) is 18.2 Å². The Balaban J connectivity index is 2.74. The maximum Gasteiger partial charge on any atom is 0.200 e. The molecular weight excluding hydrogens is 332 g/mol. The Morgan fingerprint density at radius 1 is 1.05 bits per heavy atom. The van der Waals surface area contributed by atoms with Crippen LogP contribution in [-0.2, 0) is 0 Å². The first kappa shape index (κ1) is 15.8. The Hall–Kier alpha value is -1.55. The Labute approximate surface area is 133 Å². The molecule has 112 valence electrons. The first-order valence-corrected chi connectivity index (χ1v) is 7.53. The largest absolute Gasteiger partial charge is 0.496 e. The van der Waals surface area contributed by atoms with Crippen LogP contribution in [0.4, 0.5) is 0 Å². The molecule has 3 nitrogen and oxygen atoms in total. The van der Waals surface area contributed by atoms with Crippen LogP contribution in [0.15, 0.2) is 15.0 Å². The smallest absolute Gasteiger partial charge is 0.200 e. The highest BCUT2D eigenvalue weighted by Crippen LogP contribution is 2.35. The predicted octanol–water partition coefficient (Wildman–Crippen LogP) is 4.82. The first-order valence-electron chi connectivity index (χ1n) is 6.74. The summed E-state index contributed by atoms with van der Waals surface area (Å²) in [6, 6.07) is 1.96. The zero-order valence-electron chi connectivity index (χ0n) is 13.2. The van der Waals surface area contributed by atoms with Gasteiger partial charge in [0.25, 0.3) is 0 Å². The molecule has 2 rings (SSSR count). The van der Waals surface area contributed by atoms with Crippen molar-refractivity contribution >= 4 is 21.7 Å². The molecule has 0 bridgehead atoms. The summed E-state index contributed by atoms with van der Waals surface area (Å²) in [6.45, 7) is 9.44. The van der Waals surface area contributed by atoms with Gasteiger partial charge in [-0.25, -0.2) is 0 Å². The van der Waals surface area contributed by atoms with Crippen LogP contribution in [0.3, 0.4) is 0 Å². The molecule has 0 saturated heterocycles. The van der Waals surface area contributed by atoms with Gasteiger partial charge >= 0.3 is 0 Å². The Morgan fingerprint density at radius 3 is 2.14 bits per heavy atom. The van der Waals surface area contributed by atoms with Crippen LogP contribution in [0.5, 0.6) is 5.75 Å². The number of rotatable bonds is 3. The van der Waals surface area contributed by atoms with E-state index in [1.807, 2.05) is 40.7 Å². The molecule has 0 radical (unpaired) electrons. The number of hydrogen-bond donors (Lipinski definition) is 0. The minimum atomic E-state index is -0.0550. The van der Waals surface area contributed by atoms with E-state index in [9.17, 15) is 4.79 Å². The highest BCUT2D eigenvalue weighted by atomic mass is 79.9. The topological polar surface area (TPSA) is 39.4 Å². The first-order chi connectivity index (χ1) is 9.79. The maximum atomic E-state index is 13.0. The van der Waals surface area contributed by atoms with E-state index in [2.05, 4.69) is 15.9 Å². The van der Waals surface area contributed by atoms with Crippen LogP contribution in [-0.4, -0.2) is 12.9 Å². The molecule has 0 amide bonds. The number of ether oxygens (including phenoxy) is 1. The van der Waals surface area contributed by atoms with Gasteiger partial charge in [-0.15, -0.1) is 0 Å². The van der Waals surface area contributed by atoms with Crippen molar-refractivity contribution in [3.63, 3.8) is 0 Å². The highest BCUT2D eigenvalue weighted by Gasteiger charge is 2.26. The van der Waals surface area contributed by atoms with E-state index >= 15 is 0 Å². The van der Waals surface area contributed by atoms with Gasteiger partial charge in [0.2, 0.25) is 5.78 Å². The second-order valence-corrected chi connectivity index (χ2v) is 6.11. The SMILES string of the molecule is COc1c(C)cc(Br)c(C)c1C(=O)c1c(C)oc(C)c1C. The van der Waals surface area contributed by atoms with E-state index in [-0.39, 0.29) is 5.78 Å². The summed E-state index contributed by atoms with van der Waals surface area (Å²) in [4.78, 5) is 13.0. The van der Waals surface area contributed by atoms with Gasteiger partial charge in [-0.05, 0) is 51.8 Å². The lowest BCUT2D eigenvalue weighted by molar-refractivity contribution is 0.103. The fourth-order valence-corrected chi connectivity index (χ4v) is 3.18. The molecule has 0 unspecified atom stereocenters. The summed E-state index contributed by atoms with van der Waals surface area (Å²) in [6.07, 6.45) is 0. The van der Waals surface area contributed by atoms with Crippen molar-refractivity contribution in [3.05, 3.63) is 49.9 Å². The Kier molecular flexibility index (Phi) is 4.28. The van der Waals surface area contributed by atoms with Gasteiger partial charge < -0.3 is 9.15 Å². The average molecular weight is 351 g/mol. The van der Waals surface area contributed by atoms with Crippen LogP contribution in [0.2, 0.25) is 0 Å². The van der Waals surface area contributed by atoms with Crippen molar-refractivity contribution < 1.29 is 13.9 Å². The van der Waals surface area contributed by atoms with Crippen molar-refractivity contribution in [1.82, 2.24) is 0 Å². The zero-order valence-corrected chi connectivity index (χ0v) is 14.8. The fourth-order valence-electron chi connectivity index (χ4n) is 2.64. The number of ketones is 1. The van der Waals surface area contributed by atoms with Crippen molar-refractivity contribution in [2.45, 2.75) is 34.6 Å². The molecule has 0 aliphatic rings. The number of methoxy groups -OCH3 is 1. The van der Waals surface area contributed by atoms with Crippen LogP contribution < -0.4 is 4.74 Å². The van der Waals surface area contributed by atoms with Crippen LogP contribution in [0.25, 0.3) is 0 Å². The summed E-state index contributed by atoms with van der Waals surface area (Å²) in [7, 11) is 1.59. The van der Waals surface area contributed by atoms with Gasteiger partial charge in [0.1, 0.15) is 17.3 Å². The van der Waals surface area contributed by atoms with Crippen LogP contribution >= 0.6 is 15.9 Å². The molecule has 0 N–H and O–H groups in total. The van der Waals surface area contributed by atoms with E-state index in [1.54, 1.807) is 7.11 Å². The summed E-state index contributed by atoms with van der Waals surface area (Å²) in [5.41, 5.74) is 3.91. The molecule has 1 aromatic carbocycles. The standard InChI is InChI=1S/C17H19BrO3/c1-8-7-13(18)10(3)15(17(8)20-6)16(19)14-9(2)11(4)21-12(14)5/h7H,1-6H3. The third-order valence-corrected chi connectivity index (χ3v) is 4.70. The van der Waals surface area contributed by atoms with Gasteiger partial charge in [-0.2, -0.15) is 0 Å². The van der Waals surface area contributed by atoms with Gasteiger partial charge in [0.15, 0.2) is 0 Å². The molecule has 1 aromatic heterocycles. The Morgan fingerprint density at radius 2 is 1.67 bits per heavy atom. The molecule has 2 aromatic rings. The van der Waals surface area contributed by atoms with Crippen molar-refractivity contribution in [1.29, 1.82) is 0 Å². The van der Waals surface area contributed by atoms with E-state index in [0.717, 1.165) is 26.9 Å². The van der Waals surface area contributed by atoms with Crippen LogP contribution in [0, 0.1) is 34.6 Å². The third-order valence-electron chi connectivity index (χ3n) is 3.88. The lowest BCUT2D eigenvalue weighted by Crippen LogP contribution is -2.10. The van der Waals surface area contributed by atoms with Crippen molar-refractivity contribution in [2.75, 3.05) is 7.11 Å². The molecule has 1 heterocycles. The zero-order chi connectivity index (χ0) is 15.9. The highest BCUT2D eigenvalue weighted by molar-refractivity contribution is 9.10. The number of carbonyl (C=O) groups is 1. The number of halogens is 1. The van der Waals surface area contributed by atoms with E-state index in [0.29, 0.717) is 22.6 Å². The molecule has 0 fully saturated rings. The number of furan rings is 1. The number of aryl methyl sites for hydroxylation is 3.